The van der Waals surface area contributed by atoms with Crippen LogP contribution in [0.3, 0.4) is 0 Å². The summed E-state index contributed by atoms with van der Waals surface area (Å²) in [6.45, 7) is 0. The molecule has 0 saturated heterocycles. The minimum absolute atomic E-state index is 0.166. The van der Waals surface area contributed by atoms with Crippen LogP contribution in [0.1, 0.15) is 5.56 Å². The molecule has 3 nitrogen and oxygen atoms in total. The van der Waals surface area contributed by atoms with E-state index in [9.17, 15) is 31.9 Å². The highest BCUT2D eigenvalue weighted by atomic mass is 35.5. The zero-order valence-corrected chi connectivity index (χ0v) is 8.98. The molecule has 0 aliphatic heterocycles. The lowest BCUT2D eigenvalue weighted by Crippen LogP contribution is -2.45. The Balaban J connectivity index is 3.11. The van der Waals surface area contributed by atoms with Crippen LogP contribution < -0.4 is 9.84 Å². The zero-order chi connectivity index (χ0) is 14.1. The van der Waals surface area contributed by atoms with Crippen LogP contribution >= 0.6 is 11.6 Å². The molecule has 0 amide bonds. The normalized spacial score (nSPS) is 12.3. The van der Waals surface area contributed by atoms with Crippen molar-refractivity contribution in [3.05, 3.63) is 28.8 Å². The number of ether oxygens (including phenoxy) is 1. The number of carboxylic acids is 1. The molecular weight excluding hydrogens is 287 g/mol. The fourth-order valence-corrected chi connectivity index (χ4v) is 1.20. The average molecular weight is 290 g/mol. The molecule has 0 spiro atoms. The SMILES string of the molecule is O=C([O-])C(F)(F)Oc1ccc(Cl)c(C(F)(F)F)c1. The molecule has 0 fully saturated rings. The van der Waals surface area contributed by atoms with Gasteiger partial charge in [0.1, 0.15) is 5.75 Å². The Kier molecular flexibility index (Phi) is 3.70. The quantitative estimate of drug-likeness (QED) is 0.801. The van der Waals surface area contributed by atoms with E-state index in [4.69, 9.17) is 11.6 Å². The van der Waals surface area contributed by atoms with Crippen molar-refractivity contribution in [2.75, 3.05) is 0 Å². The van der Waals surface area contributed by atoms with Gasteiger partial charge in [-0.1, -0.05) is 11.6 Å². The van der Waals surface area contributed by atoms with Crippen LogP contribution in [-0.4, -0.2) is 12.1 Å². The van der Waals surface area contributed by atoms with Crippen LogP contribution in [0.5, 0.6) is 5.75 Å². The van der Waals surface area contributed by atoms with Crippen molar-refractivity contribution in [2.24, 2.45) is 0 Å². The highest BCUT2D eigenvalue weighted by molar-refractivity contribution is 6.31. The molecule has 0 saturated carbocycles. The summed E-state index contributed by atoms with van der Waals surface area (Å²) in [5.41, 5.74) is -1.42. The number of hydrogen-bond donors (Lipinski definition) is 0. The first-order valence-corrected chi connectivity index (χ1v) is 4.57. The molecule has 0 unspecified atom stereocenters. The number of hydrogen-bond acceptors (Lipinski definition) is 3. The summed E-state index contributed by atoms with van der Waals surface area (Å²) in [5, 5.41) is 9.21. The summed E-state index contributed by atoms with van der Waals surface area (Å²) in [6, 6.07) is 1.50. The lowest BCUT2D eigenvalue weighted by molar-refractivity contribution is -0.350. The van der Waals surface area contributed by atoms with Crippen molar-refractivity contribution in [1.82, 2.24) is 0 Å². The molecule has 0 aromatic heterocycles. The van der Waals surface area contributed by atoms with E-state index in [-0.39, 0.29) is 6.07 Å². The van der Waals surface area contributed by atoms with Crippen LogP contribution in [0.4, 0.5) is 22.0 Å². The van der Waals surface area contributed by atoms with Gasteiger partial charge in [-0.3, -0.25) is 0 Å². The van der Waals surface area contributed by atoms with Crippen molar-refractivity contribution in [3.63, 3.8) is 0 Å². The second-order valence-corrected chi connectivity index (χ2v) is 3.45. The van der Waals surface area contributed by atoms with E-state index >= 15 is 0 Å². The summed E-state index contributed by atoms with van der Waals surface area (Å²) in [4.78, 5) is 9.94. The topological polar surface area (TPSA) is 49.4 Å². The fourth-order valence-electron chi connectivity index (χ4n) is 0.975. The molecule has 0 heterocycles. The third-order valence-electron chi connectivity index (χ3n) is 1.73. The third-order valence-corrected chi connectivity index (χ3v) is 2.06. The lowest BCUT2D eigenvalue weighted by atomic mass is 10.2. The first kappa shape index (κ1) is 14.5. The Labute approximate surface area is 102 Å². The minimum Gasteiger partial charge on any atom is -0.541 e. The van der Waals surface area contributed by atoms with E-state index in [1.54, 1.807) is 0 Å². The maximum Gasteiger partial charge on any atom is 0.441 e. The third kappa shape index (κ3) is 3.22. The summed E-state index contributed by atoms with van der Waals surface area (Å²) < 4.78 is 65.8. The Hall–Kier alpha value is -1.57. The average Bonchev–Trinajstić information content (AvgIpc) is 2.18. The molecule has 0 atom stereocenters. The molecule has 1 rings (SSSR count). The molecule has 100 valence electrons. The van der Waals surface area contributed by atoms with Gasteiger partial charge in [-0.25, -0.2) is 0 Å². The number of rotatable bonds is 3. The molecule has 0 bridgehead atoms. The Morgan fingerprint density at radius 3 is 2.22 bits per heavy atom. The van der Waals surface area contributed by atoms with Crippen molar-refractivity contribution in [2.45, 2.75) is 12.3 Å². The number of alkyl halides is 5. The van der Waals surface area contributed by atoms with E-state index in [1.165, 1.54) is 0 Å². The maximum atomic E-state index is 12.6. The predicted molar refractivity (Wildman–Crippen MR) is 47.0 cm³/mol. The number of carbonyl (C=O) groups excluding carboxylic acids is 1. The number of halogens is 6. The first-order chi connectivity index (χ1) is 8.04. The number of carbonyl (C=O) groups is 1. The molecule has 0 radical (unpaired) electrons. The van der Waals surface area contributed by atoms with E-state index in [0.717, 1.165) is 0 Å². The van der Waals surface area contributed by atoms with Gasteiger partial charge >= 0.3 is 12.3 Å². The van der Waals surface area contributed by atoms with Crippen molar-refractivity contribution in [1.29, 1.82) is 0 Å². The largest absolute Gasteiger partial charge is 0.541 e. The van der Waals surface area contributed by atoms with E-state index < -0.39 is 34.6 Å². The molecule has 9 heteroatoms. The molecular formula is C9H3ClF5O3-. The summed E-state index contributed by atoms with van der Waals surface area (Å²) >= 11 is 5.22. The molecule has 0 aliphatic carbocycles. The number of carboxylic acid groups (broad SMARTS) is 1. The lowest BCUT2D eigenvalue weighted by Gasteiger charge is -2.19. The highest BCUT2D eigenvalue weighted by Crippen LogP contribution is 2.37. The van der Waals surface area contributed by atoms with Gasteiger partial charge in [0.15, 0.2) is 5.97 Å². The number of aliphatic carboxylic acids is 1. The van der Waals surface area contributed by atoms with E-state index in [1.807, 2.05) is 0 Å². The smallest absolute Gasteiger partial charge is 0.441 e. The van der Waals surface area contributed by atoms with Gasteiger partial charge in [0.05, 0.1) is 10.6 Å². The molecule has 1 aromatic rings. The van der Waals surface area contributed by atoms with Crippen LogP contribution in [0.15, 0.2) is 18.2 Å². The Bertz CT molecular complexity index is 472. The van der Waals surface area contributed by atoms with E-state index in [2.05, 4.69) is 4.74 Å². The molecule has 0 aliphatic rings. The maximum absolute atomic E-state index is 12.6. The number of benzene rings is 1. The van der Waals surface area contributed by atoms with Crippen molar-refractivity contribution in [3.8, 4) is 5.75 Å². The highest BCUT2D eigenvalue weighted by Gasteiger charge is 2.37. The monoisotopic (exact) mass is 289 g/mol. The molecule has 0 N–H and O–H groups in total. The molecule has 1 aromatic carbocycles. The summed E-state index contributed by atoms with van der Waals surface area (Å²) in [5.74, 6) is -3.87. The van der Waals surface area contributed by atoms with E-state index in [0.29, 0.717) is 12.1 Å². The van der Waals surface area contributed by atoms with Gasteiger partial charge in [0, 0.05) is 0 Å². The van der Waals surface area contributed by atoms with Gasteiger partial charge in [-0.05, 0) is 18.2 Å². The van der Waals surface area contributed by atoms with Gasteiger partial charge < -0.3 is 14.6 Å². The zero-order valence-electron chi connectivity index (χ0n) is 8.22. The summed E-state index contributed by atoms with van der Waals surface area (Å²) in [6.07, 6.45) is -9.62. The van der Waals surface area contributed by atoms with Crippen LogP contribution in [-0.2, 0) is 11.0 Å². The van der Waals surface area contributed by atoms with Crippen LogP contribution in [0.25, 0.3) is 0 Å². The van der Waals surface area contributed by atoms with Crippen molar-refractivity contribution >= 4 is 17.6 Å². The van der Waals surface area contributed by atoms with Crippen LogP contribution in [0, 0.1) is 0 Å². The molecule has 18 heavy (non-hydrogen) atoms. The Morgan fingerprint density at radius 2 is 1.78 bits per heavy atom. The first-order valence-electron chi connectivity index (χ1n) is 4.19. The van der Waals surface area contributed by atoms with Gasteiger partial charge in [0.25, 0.3) is 0 Å². The predicted octanol–water partition coefficient (Wildman–Crippen LogP) is 2.08. The van der Waals surface area contributed by atoms with Gasteiger partial charge in [-0.2, -0.15) is 22.0 Å². The minimum atomic E-state index is -4.88. The Morgan fingerprint density at radius 1 is 1.22 bits per heavy atom. The van der Waals surface area contributed by atoms with Crippen molar-refractivity contribution < 1.29 is 36.6 Å². The second-order valence-electron chi connectivity index (χ2n) is 3.05. The standard InChI is InChI=1S/C9H4ClF5O3/c10-6-2-1-4(3-5(6)8(11,12)13)18-9(14,15)7(16)17/h1-3H,(H,16,17)/p-1. The second kappa shape index (κ2) is 4.60. The van der Waals surface area contributed by atoms with Crippen LogP contribution in [0.2, 0.25) is 5.02 Å². The summed E-state index contributed by atoms with van der Waals surface area (Å²) in [7, 11) is 0. The fraction of sp³-hybridized carbons (Fsp3) is 0.222. The van der Waals surface area contributed by atoms with Gasteiger partial charge in [0.2, 0.25) is 0 Å². The van der Waals surface area contributed by atoms with Gasteiger partial charge in [-0.15, -0.1) is 0 Å².